The van der Waals surface area contributed by atoms with E-state index in [1.165, 1.54) is 0 Å². The fourth-order valence-electron chi connectivity index (χ4n) is 4.91. The van der Waals surface area contributed by atoms with Gasteiger partial charge in [-0.2, -0.15) is 0 Å². The lowest BCUT2D eigenvalue weighted by Gasteiger charge is -2.36. The molecule has 0 bridgehead atoms. The molecule has 10 heteroatoms. The first-order valence-electron chi connectivity index (χ1n) is 12.3. The van der Waals surface area contributed by atoms with E-state index in [4.69, 9.17) is 14.5 Å². The average molecular weight is 513 g/mol. The van der Waals surface area contributed by atoms with E-state index in [9.17, 15) is 13.2 Å². The van der Waals surface area contributed by atoms with Gasteiger partial charge in [-0.25, -0.2) is 13.4 Å². The topological polar surface area (TPSA) is 101 Å². The maximum Gasteiger partial charge on any atom is 0.239 e. The minimum atomic E-state index is -3.52. The lowest BCUT2D eigenvalue weighted by molar-refractivity contribution is -0.124. The van der Waals surface area contributed by atoms with Crippen molar-refractivity contribution >= 4 is 27.5 Å². The van der Waals surface area contributed by atoms with Gasteiger partial charge in [0.05, 0.1) is 24.3 Å². The normalized spacial score (nSPS) is 18.7. The van der Waals surface area contributed by atoms with Crippen molar-refractivity contribution in [3.05, 3.63) is 48.0 Å². The van der Waals surface area contributed by atoms with E-state index < -0.39 is 15.4 Å². The Balaban J connectivity index is 1.23. The van der Waals surface area contributed by atoms with Gasteiger partial charge in [-0.3, -0.25) is 14.4 Å². The maximum absolute atomic E-state index is 12.4. The summed E-state index contributed by atoms with van der Waals surface area (Å²) in [5.74, 6) is 2.76. The first-order valence-corrected chi connectivity index (χ1v) is 14.2. The smallest absolute Gasteiger partial charge is 0.239 e. The quantitative estimate of drug-likeness (QED) is 0.608. The summed E-state index contributed by atoms with van der Waals surface area (Å²) >= 11 is 0. The van der Waals surface area contributed by atoms with Crippen molar-refractivity contribution in [3.63, 3.8) is 0 Å². The number of methoxy groups -OCH3 is 1. The number of hydrogen-bond acceptors (Lipinski definition) is 8. The number of para-hydroxylation sites is 2. The van der Waals surface area contributed by atoms with Crippen LogP contribution in [0.15, 0.2) is 47.5 Å². The van der Waals surface area contributed by atoms with Gasteiger partial charge >= 0.3 is 0 Å². The summed E-state index contributed by atoms with van der Waals surface area (Å²) in [5, 5.41) is 0. The molecule has 0 spiro atoms. The van der Waals surface area contributed by atoms with E-state index >= 15 is 0 Å². The molecule has 192 valence electrons. The Morgan fingerprint density at radius 1 is 1.11 bits per heavy atom. The van der Waals surface area contributed by atoms with Gasteiger partial charge in [0.25, 0.3) is 0 Å². The molecule has 1 saturated heterocycles. The zero-order valence-corrected chi connectivity index (χ0v) is 21.5. The van der Waals surface area contributed by atoms with Gasteiger partial charge in [0.1, 0.15) is 23.0 Å². The Bertz CT molecular complexity index is 1280. The van der Waals surface area contributed by atoms with Crippen LogP contribution in [-0.4, -0.2) is 76.0 Å². The minimum Gasteiger partial charge on any atom is -0.497 e. The third kappa shape index (κ3) is 5.34. The molecule has 1 N–H and O–H groups in total. The van der Waals surface area contributed by atoms with Crippen LogP contribution in [0.1, 0.15) is 31.2 Å². The summed E-state index contributed by atoms with van der Waals surface area (Å²) in [6.07, 6.45) is 4.11. The molecule has 0 aromatic heterocycles. The molecule has 2 aromatic carbocycles. The molecule has 1 aliphatic carbocycles. The lowest BCUT2D eigenvalue weighted by atomic mass is 9.99. The van der Waals surface area contributed by atoms with E-state index in [1.54, 1.807) is 7.11 Å². The highest BCUT2D eigenvalue weighted by Gasteiger charge is 2.49. The molecule has 0 unspecified atom stereocenters. The second-order valence-electron chi connectivity index (χ2n) is 9.78. The monoisotopic (exact) mass is 512 g/mol. The Kier molecular flexibility index (Phi) is 6.65. The first kappa shape index (κ1) is 24.6. The zero-order valence-electron chi connectivity index (χ0n) is 20.7. The highest BCUT2D eigenvalue weighted by molar-refractivity contribution is 7.89. The van der Waals surface area contributed by atoms with Crippen LogP contribution in [0.25, 0.3) is 0 Å². The van der Waals surface area contributed by atoms with Gasteiger partial charge in [-0.1, -0.05) is 12.1 Å². The van der Waals surface area contributed by atoms with Crippen LogP contribution in [0.2, 0.25) is 0 Å². The van der Waals surface area contributed by atoms with E-state index in [1.807, 2.05) is 42.5 Å². The Labute approximate surface area is 212 Å². The predicted molar refractivity (Wildman–Crippen MR) is 138 cm³/mol. The van der Waals surface area contributed by atoms with Crippen molar-refractivity contribution in [3.8, 4) is 17.2 Å². The van der Waals surface area contributed by atoms with E-state index in [0.29, 0.717) is 6.42 Å². The number of sulfonamides is 1. The molecule has 1 saturated carbocycles. The van der Waals surface area contributed by atoms with Gasteiger partial charge in [0, 0.05) is 26.2 Å². The summed E-state index contributed by atoms with van der Waals surface area (Å²) in [5.41, 5.74) is 1.20. The third-order valence-electron chi connectivity index (χ3n) is 7.15. The van der Waals surface area contributed by atoms with E-state index in [-0.39, 0.29) is 5.91 Å². The number of ether oxygens (including phenoxy) is 2. The summed E-state index contributed by atoms with van der Waals surface area (Å²) in [4.78, 5) is 22.1. The van der Waals surface area contributed by atoms with Crippen LogP contribution < -0.4 is 14.2 Å². The van der Waals surface area contributed by atoms with Gasteiger partial charge in [0.2, 0.25) is 15.9 Å². The van der Waals surface area contributed by atoms with Crippen molar-refractivity contribution in [2.24, 2.45) is 10.4 Å². The minimum absolute atomic E-state index is 0.349. The van der Waals surface area contributed by atoms with E-state index in [0.717, 1.165) is 92.6 Å². The number of hydrogen-bond donors (Lipinski definition) is 1. The Morgan fingerprint density at radius 3 is 2.56 bits per heavy atom. The van der Waals surface area contributed by atoms with Gasteiger partial charge in [-0.05, 0) is 62.6 Å². The summed E-state index contributed by atoms with van der Waals surface area (Å²) in [7, 11) is -1.87. The number of amides is 1. The number of aliphatic imine (C=N–C) groups is 1. The van der Waals surface area contributed by atoms with Gasteiger partial charge in [-0.15, -0.1) is 0 Å². The van der Waals surface area contributed by atoms with Crippen molar-refractivity contribution < 1.29 is 22.7 Å². The zero-order chi connectivity index (χ0) is 25.3. The molecular formula is C26H32N4O5S. The number of benzene rings is 2. The van der Waals surface area contributed by atoms with Crippen molar-refractivity contribution in [2.45, 2.75) is 25.7 Å². The molecule has 2 aliphatic heterocycles. The largest absolute Gasteiger partial charge is 0.497 e. The molecule has 1 amide bonds. The molecule has 5 rings (SSSR count). The number of nitrogens with zero attached hydrogens (tertiary/aromatic N) is 3. The average Bonchev–Trinajstić information content (AvgIpc) is 3.66. The molecule has 2 aromatic rings. The van der Waals surface area contributed by atoms with Crippen LogP contribution >= 0.6 is 0 Å². The van der Waals surface area contributed by atoms with E-state index in [2.05, 4.69) is 14.5 Å². The van der Waals surface area contributed by atoms with Crippen LogP contribution in [0.5, 0.6) is 17.2 Å². The molecule has 2 fully saturated rings. The first-order chi connectivity index (χ1) is 17.3. The molecule has 0 atom stereocenters. The fraction of sp³-hybridized carbons (Fsp3) is 0.462. The number of fused-ring (bicyclic) bond motifs is 2. The summed E-state index contributed by atoms with van der Waals surface area (Å²) in [6.45, 7) is 4.27. The maximum atomic E-state index is 12.4. The second-order valence-corrected chi connectivity index (χ2v) is 11.5. The van der Waals surface area contributed by atoms with Crippen LogP contribution in [0.4, 0.5) is 5.69 Å². The second kappa shape index (κ2) is 9.74. The van der Waals surface area contributed by atoms with Crippen LogP contribution in [-0.2, 0) is 14.8 Å². The fourth-order valence-corrected chi connectivity index (χ4v) is 5.47. The number of nitrogens with one attached hydrogen (secondary N) is 1. The van der Waals surface area contributed by atoms with Gasteiger partial charge in [0.15, 0.2) is 5.75 Å². The van der Waals surface area contributed by atoms with Crippen molar-refractivity contribution in [1.82, 2.24) is 14.5 Å². The number of carbonyl (C=O) groups is 1. The Hall–Kier alpha value is -3.11. The third-order valence-corrected chi connectivity index (χ3v) is 7.71. The molecule has 9 nitrogen and oxygen atoms in total. The summed E-state index contributed by atoms with van der Waals surface area (Å²) in [6, 6.07) is 13.6. The standard InChI is InChI=1S/C26H32N4O5S/c1-34-19-8-9-22-20(18-19)24(27-21-6-3-4-7-23(21)35-22)30-16-14-29(15-17-30)13-5-10-26(11-12-26)25(31)28-36(2,32)33/h3-4,6-9,18H,5,10-17H2,1-2H3,(H,28,31). The molecule has 2 heterocycles. The lowest BCUT2D eigenvalue weighted by Crippen LogP contribution is -2.49. The highest BCUT2D eigenvalue weighted by Crippen LogP contribution is 2.50. The van der Waals surface area contributed by atoms with Crippen LogP contribution in [0.3, 0.4) is 0 Å². The van der Waals surface area contributed by atoms with Gasteiger partial charge < -0.3 is 14.4 Å². The SMILES string of the molecule is COc1ccc2c(c1)C(N1CCN(CCCC3(C(=O)NS(C)(=O)=O)CC3)CC1)=Nc1ccccc1O2. The Morgan fingerprint density at radius 2 is 1.86 bits per heavy atom. The molecule has 3 aliphatic rings. The highest BCUT2D eigenvalue weighted by atomic mass is 32.2. The van der Waals surface area contributed by atoms with Crippen molar-refractivity contribution in [2.75, 3.05) is 46.1 Å². The predicted octanol–water partition coefficient (Wildman–Crippen LogP) is 3.13. The van der Waals surface area contributed by atoms with Crippen molar-refractivity contribution in [1.29, 1.82) is 0 Å². The van der Waals surface area contributed by atoms with Crippen LogP contribution in [0, 0.1) is 5.41 Å². The number of rotatable bonds is 7. The molecule has 36 heavy (non-hydrogen) atoms. The summed E-state index contributed by atoms with van der Waals surface area (Å²) < 4.78 is 36.7. The molecular weight excluding hydrogens is 480 g/mol. The molecule has 0 radical (unpaired) electrons. The number of amidine groups is 1. The number of carbonyl (C=O) groups excluding carboxylic acids is 1. The number of piperazine rings is 1.